The van der Waals surface area contributed by atoms with Crippen molar-refractivity contribution in [2.45, 2.75) is 13.1 Å². The highest BCUT2D eigenvalue weighted by atomic mass is 19.4. The first-order chi connectivity index (χ1) is 11.7. The number of ether oxygens (including phenoxy) is 2. The van der Waals surface area contributed by atoms with Crippen LogP contribution in [0.25, 0.3) is 5.69 Å². The summed E-state index contributed by atoms with van der Waals surface area (Å²) in [6.45, 7) is 0.176. The summed E-state index contributed by atoms with van der Waals surface area (Å²) in [5.41, 5.74) is 6.26. The molecule has 1 heterocycles. The summed E-state index contributed by atoms with van der Waals surface area (Å²) in [5.74, 6) is -0.941. The lowest BCUT2D eigenvalue weighted by atomic mass is 10.2. The smallest absolute Gasteiger partial charge is 0.422 e. The molecule has 2 N–H and O–H groups in total. The largest absolute Gasteiger partial charge is 0.482 e. The number of esters is 1. The highest BCUT2D eigenvalue weighted by Crippen LogP contribution is 2.31. The van der Waals surface area contributed by atoms with Crippen LogP contribution in [0.2, 0.25) is 0 Å². The van der Waals surface area contributed by atoms with Crippen LogP contribution in [-0.2, 0) is 4.74 Å². The quantitative estimate of drug-likeness (QED) is 0.854. The van der Waals surface area contributed by atoms with Gasteiger partial charge in [0.25, 0.3) is 0 Å². The van der Waals surface area contributed by atoms with Crippen molar-refractivity contribution in [1.29, 1.82) is 5.26 Å². The number of rotatable bonds is 4. The molecule has 1 aromatic heterocycles. The van der Waals surface area contributed by atoms with Gasteiger partial charge in [0.1, 0.15) is 11.8 Å². The molecular weight excluding hydrogens is 339 g/mol. The molecule has 0 saturated carbocycles. The van der Waals surface area contributed by atoms with Crippen molar-refractivity contribution >= 4 is 11.7 Å². The Hall–Kier alpha value is -3.15. The van der Waals surface area contributed by atoms with Gasteiger partial charge in [0, 0.05) is 6.20 Å². The van der Waals surface area contributed by atoms with Gasteiger partial charge in [-0.3, -0.25) is 0 Å². The van der Waals surface area contributed by atoms with Gasteiger partial charge in [0.05, 0.1) is 24.0 Å². The van der Waals surface area contributed by atoms with Crippen molar-refractivity contribution in [2.24, 2.45) is 0 Å². The van der Waals surface area contributed by atoms with Crippen LogP contribution in [0.5, 0.6) is 5.75 Å². The molecule has 0 aliphatic rings. The van der Waals surface area contributed by atoms with E-state index in [1.165, 1.54) is 22.9 Å². The standard InChI is InChI=1S/C16H14F3N3O3/c1-9-3-4-11(12(5-9)25-8-16(17,18)19)22-7-10(6-20)13(21)14(22)15(23)24-2/h3-5,7H,8,21H2,1-2H3. The Morgan fingerprint density at radius 2 is 2.08 bits per heavy atom. The summed E-state index contributed by atoms with van der Waals surface area (Å²) in [4.78, 5) is 12.0. The Morgan fingerprint density at radius 1 is 1.40 bits per heavy atom. The highest BCUT2D eigenvalue weighted by molar-refractivity contribution is 5.96. The fraction of sp³-hybridized carbons (Fsp3) is 0.250. The van der Waals surface area contributed by atoms with Crippen molar-refractivity contribution in [3.63, 3.8) is 0 Å². The lowest BCUT2D eigenvalue weighted by Gasteiger charge is -2.16. The number of hydrogen-bond acceptors (Lipinski definition) is 5. The van der Waals surface area contributed by atoms with E-state index in [-0.39, 0.29) is 28.4 Å². The van der Waals surface area contributed by atoms with Crippen molar-refractivity contribution in [2.75, 3.05) is 19.5 Å². The molecule has 0 fully saturated rings. The molecule has 0 unspecified atom stereocenters. The van der Waals surface area contributed by atoms with Gasteiger partial charge in [-0.15, -0.1) is 0 Å². The van der Waals surface area contributed by atoms with Crippen LogP contribution in [0.15, 0.2) is 24.4 Å². The summed E-state index contributed by atoms with van der Waals surface area (Å²) in [6.07, 6.45) is -3.29. The first-order valence-corrected chi connectivity index (χ1v) is 6.97. The number of nitrogens with zero attached hydrogens (tertiary/aromatic N) is 2. The number of aromatic nitrogens is 1. The average Bonchev–Trinajstić information content (AvgIpc) is 2.88. The summed E-state index contributed by atoms with van der Waals surface area (Å²) in [5, 5.41) is 9.11. The molecule has 6 nitrogen and oxygen atoms in total. The number of nitrogens with two attached hydrogens (primary N) is 1. The third-order valence-corrected chi connectivity index (χ3v) is 3.31. The summed E-state index contributed by atoms with van der Waals surface area (Å²) in [6, 6.07) is 6.30. The number of nitrogen functional groups attached to an aromatic ring is 1. The Morgan fingerprint density at radius 3 is 2.64 bits per heavy atom. The number of nitriles is 1. The Balaban J connectivity index is 2.62. The summed E-state index contributed by atoms with van der Waals surface area (Å²) in [7, 11) is 1.13. The zero-order chi connectivity index (χ0) is 18.8. The molecule has 0 bridgehead atoms. The number of carbonyl (C=O) groups is 1. The number of anilines is 1. The maximum Gasteiger partial charge on any atom is 0.422 e. The van der Waals surface area contributed by atoms with E-state index in [1.54, 1.807) is 13.0 Å². The van der Waals surface area contributed by atoms with Gasteiger partial charge in [0.15, 0.2) is 12.3 Å². The van der Waals surface area contributed by atoms with E-state index in [9.17, 15) is 18.0 Å². The molecule has 0 spiro atoms. The van der Waals surface area contributed by atoms with E-state index < -0.39 is 18.8 Å². The minimum absolute atomic E-state index is 0.0113. The van der Waals surface area contributed by atoms with Crippen LogP contribution in [0, 0.1) is 18.3 Å². The van der Waals surface area contributed by atoms with E-state index in [2.05, 4.69) is 4.74 Å². The fourth-order valence-electron chi connectivity index (χ4n) is 2.20. The molecule has 9 heteroatoms. The van der Waals surface area contributed by atoms with Gasteiger partial charge < -0.3 is 19.8 Å². The molecule has 25 heavy (non-hydrogen) atoms. The highest BCUT2D eigenvalue weighted by Gasteiger charge is 2.30. The zero-order valence-electron chi connectivity index (χ0n) is 13.3. The topological polar surface area (TPSA) is 90.3 Å². The maximum atomic E-state index is 12.5. The Bertz CT molecular complexity index is 851. The minimum Gasteiger partial charge on any atom is -0.482 e. The summed E-state index contributed by atoms with van der Waals surface area (Å²) >= 11 is 0. The molecular formula is C16H14F3N3O3. The molecule has 0 amide bonds. The van der Waals surface area contributed by atoms with Gasteiger partial charge in [0.2, 0.25) is 0 Å². The number of benzene rings is 1. The number of aryl methyl sites for hydroxylation is 1. The van der Waals surface area contributed by atoms with Crippen molar-refractivity contribution < 1.29 is 27.4 Å². The molecule has 0 aliphatic carbocycles. The number of alkyl halides is 3. The normalized spacial score (nSPS) is 11.0. The number of hydrogen-bond donors (Lipinski definition) is 1. The van der Waals surface area contributed by atoms with Crippen molar-refractivity contribution in [3.05, 3.63) is 41.2 Å². The molecule has 0 saturated heterocycles. The summed E-state index contributed by atoms with van der Waals surface area (Å²) < 4.78 is 48.2. The number of methoxy groups -OCH3 is 1. The van der Waals surface area contributed by atoms with Gasteiger partial charge in [-0.2, -0.15) is 18.4 Å². The van der Waals surface area contributed by atoms with Crippen LogP contribution in [0.1, 0.15) is 21.6 Å². The monoisotopic (exact) mass is 353 g/mol. The van der Waals surface area contributed by atoms with E-state index >= 15 is 0 Å². The van der Waals surface area contributed by atoms with E-state index in [4.69, 9.17) is 15.7 Å². The van der Waals surface area contributed by atoms with Crippen LogP contribution in [-0.4, -0.2) is 30.4 Å². The SMILES string of the molecule is COC(=O)c1c(N)c(C#N)cn1-c1ccc(C)cc1OCC(F)(F)F. The molecule has 2 rings (SSSR count). The molecule has 0 atom stereocenters. The van der Waals surface area contributed by atoms with Crippen LogP contribution in [0.3, 0.4) is 0 Å². The minimum atomic E-state index is -4.53. The number of halogens is 3. The second-order valence-electron chi connectivity index (χ2n) is 5.15. The first kappa shape index (κ1) is 18.2. The predicted molar refractivity (Wildman–Crippen MR) is 82.5 cm³/mol. The molecule has 2 aromatic rings. The average molecular weight is 353 g/mol. The third-order valence-electron chi connectivity index (χ3n) is 3.31. The van der Waals surface area contributed by atoms with Gasteiger partial charge in [-0.1, -0.05) is 6.07 Å². The molecule has 132 valence electrons. The lowest BCUT2D eigenvalue weighted by Crippen LogP contribution is -2.20. The molecule has 0 aliphatic heterocycles. The van der Waals surface area contributed by atoms with E-state index in [1.807, 2.05) is 6.07 Å². The predicted octanol–water partition coefficient (Wildman–Crippen LogP) is 2.97. The van der Waals surface area contributed by atoms with Crippen molar-refractivity contribution in [1.82, 2.24) is 4.57 Å². The molecule has 1 aromatic carbocycles. The Kier molecular flexibility index (Phi) is 4.92. The van der Waals surface area contributed by atoms with Gasteiger partial charge in [-0.25, -0.2) is 4.79 Å². The van der Waals surface area contributed by atoms with Gasteiger partial charge >= 0.3 is 12.1 Å². The van der Waals surface area contributed by atoms with Crippen LogP contribution in [0.4, 0.5) is 18.9 Å². The second-order valence-corrected chi connectivity index (χ2v) is 5.15. The lowest BCUT2D eigenvalue weighted by molar-refractivity contribution is -0.153. The van der Waals surface area contributed by atoms with Crippen LogP contribution >= 0.6 is 0 Å². The fourth-order valence-corrected chi connectivity index (χ4v) is 2.20. The van der Waals surface area contributed by atoms with E-state index in [0.717, 1.165) is 7.11 Å². The van der Waals surface area contributed by atoms with Crippen LogP contribution < -0.4 is 10.5 Å². The second kappa shape index (κ2) is 6.76. The number of carbonyl (C=O) groups excluding carboxylic acids is 1. The maximum absolute atomic E-state index is 12.5. The third kappa shape index (κ3) is 3.85. The zero-order valence-corrected chi connectivity index (χ0v) is 13.3. The van der Waals surface area contributed by atoms with Crippen molar-refractivity contribution in [3.8, 4) is 17.5 Å². The first-order valence-electron chi connectivity index (χ1n) is 6.97. The van der Waals surface area contributed by atoms with E-state index in [0.29, 0.717) is 5.56 Å². The molecule has 0 radical (unpaired) electrons. The van der Waals surface area contributed by atoms with Gasteiger partial charge in [-0.05, 0) is 24.6 Å². The Labute approximate surface area is 141 Å².